The lowest BCUT2D eigenvalue weighted by Gasteiger charge is -2.42. The van der Waals surface area contributed by atoms with Crippen LogP contribution in [0, 0.1) is 0 Å². The lowest BCUT2D eigenvalue weighted by Crippen LogP contribution is -2.68. The highest BCUT2D eigenvalue weighted by Crippen LogP contribution is 2.19. The predicted octanol–water partition coefficient (Wildman–Crippen LogP) is -3.99. The number of nitrogens with one attached hydrogen (secondary N) is 2. The maximum absolute atomic E-state index is 11.3. The molecule has 1 aliphatic heterocycles. The minimum absolute atomic E-state index is 0.297. The minimum Gasteiger partial charge on any atom is -0.394 e. The number of hydrogen-bond donors (Lipinski definition) is 6. The van der Waals surface area contributed by atoms with E-state index in [4.69, 9.17) is 15.6 Å². The number of carbonyl (C=O) groups is 2. The number of ether oxygens (including phenoxy) is 1. The second-order valence-electron chi connectivity index (χ2n) is 4.26. The third-order valence-corrected chi connectivity index (χ3v) is 2.78. The standard InChI is InChI=1S/C10H19N3O6/c1-4(15)12-7-9(18)8(17)5(3-14)19-10(7)13-6(16)2-11/h5,7-10,14,17-18H,2-3,11H2,1H3,(H,12,15)(H,13,16)/t5-,7-,8+,9+,10-/m0/s1. The number of amides is 2. The van der Waals surface area contributed by atoms with Crippen LogP contribution in [0.3, 0.4) is 0 Å². The van der Waals surface area contributed by atoms with Crippen molar-refractivity contribution >= 4 is 11.8 Å². The Kier molecular flexibility index (Phi) is 5.63. The number of rotatable bonds is 4. The summed E-state index contributed by atoms with van der Waals surface area (Å²) in [6.07, 6.45) is -4.93. The van der Waals surface area contributed by atoms with Gasteiger partial charge in [0.25, 0.3) is 0 Å². The summed E-state index contributed by atoms with van der Waals surface area (Å²) in [5, 5.41) is 33.4. The van der Waals surface area contributed by atoms with Gasteiger partial charge in [-0.3, -0.25) is 9.59 Å². The van der Waals surface area contributed by atoms with Crippen LogP contribution in [0.1, 0.15) is 6.92 Å². The first-order valence-corrected chi connectivity index (χ1v) is 5.79. The molecular formula is C10H19N3O6. The van der Waals surface area contributed by atoms with Gasteiger partial charge in [0, 0.05) is 6.92 Å². The van der Waals surface area contributed by atoms with Crippen LogP contribution in [0.4, 0.5) is 0 Å². The second kappa shape index (κ2) is 6.78. The molecule has 0 aliphatic carbocycles. The fourth-order valence-electron chi connectivity index (χ4n) is 1.85. The van der Waals surface area contributed by atoms with E-state index in [1.54, 1.807) is 0 Å². The Morgan fingerprint density at radius 2 is 1.89 bits per heavy atom. The molecule has 0 aromatic carbocycles. The summed E-state index contributed by atoms with van der Waals surface area (Å²) < 4.78 is 5.24. The van der Waals surface area contributed by atoms with Crippen LogP contribution < -0.4 is 16.4 Å². The predicted molar refractivity (Wildman–Crippen MR) is 62.6 cm³/mol. The van der Waals surface area contributed by atoms with E-state index in [9.17, 15) is 19.8 Å². The maximum Gasteiger partial charge on any atom is 0.235 e. The van der Waals surface area contributed by atoms with Crippen molar-refractivity contribution in [1.29, 1.82) is 0 Å². The van der Waals surface area contributed by atoms with Gasteiger partial charge in [-0.05, 0) is 0 Å². The summed E-state index contributed by atoms with van der Waals surface area (Å²) in [7, 11) is 0. The van der Waals surface area contributed by atoms with Crippen LogP contribution in [0.15, 0.2) is 0 Å². The first-order valence-electron chi connectivity index (χ1n) is 5.79. The van der Waals surface area contributed by atoms with Crippen LogP contribution in [0.25, 0.3) is 0 Å². The van der Waals surface area contributed by atoms with E-state index in [-0.39, 0.29) is 6.54 Å². The molecule has 7 N–H and O–H groups in total. The molecule has 0 unspecified atom stereocenters. The molecule has 0 radical (unpaired) electrons. The first kappa shape index (κ1) is 15.8. The van der Waals surface area contributed by atoms with Crippen LogP contribution in [-0.2, 0) is 14.3 Å². The average molecular weight is 277 g/mol. The number of carbonyl (C=O) groups excluding carboxylic acids is 2. The van der Waals surface area contributed by atoms with Crippen molar-refractivity contribution in [1.82, 2.24) is 10.6 Å². The van der Waals surface area contributed by atoms with Gasteiger partial charge in [-0.25, -0.2) is 0 Å². The first-order chi connectivity index (χ1) is 8.90. The van der Waals surface area contributed by atoms with Crippen LogP contribution >= 0.6 is 0 Å². The highest BCUT2D eigenvalue weighted by Gasteiger charge is 2.45. The highest BCUT2D eigenvalue weighted by atomic mass is 16.5. The normalized spacial score (nSPS) is 34.7. The Balaban J connectivity index is 2.86. The lowest BCUT2D eigenvalue weighted by atomic mass is 9.96. The second-order valence-corrected chi connectivity index (χ2v) is 4.26. The van der Waals surface area contributed by atoms with Gasteiger partial charge in [0.1, 0.15) is 24.4 Å². The number of nitrogens with two attached hydrogens (primary N) is 1. The molecule has 0 spiro atoms. The van der Waals surface area contributed by atoms with Crippen molar-refractivity contribution in [2.45, 2.75) is 37.5 Å². The molecule has 0 aromatic rings. The van der Waals surface area contributed by atoms with Crippen molar-refractivity contribution in [3.63, 3.8) is 0 Å². The molecule has 1 aliphatic rings. The van der Waals surface area contributed by atoms with E-state index >= 15 is 0 Å². The van der Waals surface area contributed by atoms with Gasteiger partial charge in [0.2, 0.25) is 11.8 Å². The Hall–Kier alpha value is -1.26. The molecule has 1 saturated heterocycles. The van der Waals surface area contributed by atoms with E-state index in [1.807, 2.05) is 0 Å². The van der Waals surface area contributed by atoms with Gasteiger partial charge in [0.05, 0.1) is 13.2 Å². The number of aliphatic hydroxyl groups excluding tert-OH is 3. The summed E-state index contributed by atoms with van der Waals surface area (Å²) in [4.78, 5) is 22.3. The largest absolute Gasteiger partial charge is 0.394 e. The molecule has 0 bridgehead atoms. The van der Waals surface area contributed by atoms with E-state index < -0.39 is 49.0 Å². The van der Waals surface area contributed by atoms with E-state index in [0.717, 1.165) is 0 Å². The number of hydrogen-bond acceptors (Lipinski definition) is 7. The molecule has 110 valence electrons. The SMILES string of the molecule is CC(=O)N[C@H]1[C@@H](O)[C@H](O)[C@H](CO)O[C@@H]1NC(=O)CN. The highest BCUT2D eigenvalue weighted by molar-refractivity contribution is 5.78. The Labute approximate surface area is 109 Å². The average Bonchev–Trinajstić information content (AvgIpc) is 2.37. The van der Waals surface area contributed by atoms with Gasteiger partial charge in [-0.2, -0.15) is 0 Å². The fourth-order valence-corrected chi connectivity index (χ4v) is 1.85. The molecule has 0 saturated carbocycles. The third kappa shape index (κ3) is 3.85. The Morgan fingerprint density at radius 1 is 1.26 bits per heavy atom. The van der Waals surface area contributed by atoms with Crippen molar-refractivity contribution in [2.24, 2.45) is 5.73 Å². The lowest BCUT2D eigenvalue weighted by molar-refractivity contribution is -0.203. The van der Waals surface area contributed by atoms with Crippen LogP contribution in [0.5, 0.6) is 0 Å². The Bertz CT molecular complexity index is 339. The summed E-state index contributed by atoms with van der Waals surface area (Å²) in [6, 6.07) is -1.04. The quantitative estimate of drug-likeness (QED) is 0.306. The van der Waals surface area contributed by atoms with E-state index in [0.29, 0.717) is 0 Å². The minimum atomic E-state index is -1.39. The third-order valence-electron chi connectivity index (χ3n) is 2.78. The zero-order valence-corrected chi connectivity index (χ0v) is 10.4. The van der Waals surface area contributed by atoms with Crippen LogP contribution in [0.2, 0.25) is 0 Å². The zero-order chi connectivity index (χ0) is 14.6. The molecule has 9 heteroatoms. The van der Waals surface area contributed by atoms with Crippen molar-refractivity contribution in [2.75, 3.05) is 13.2 Å². The van der Waals surface area contributed by atoms with Gasteiger partial charge >= 0.3 is 0 Å². The van der Waals surface area contributed by atoms with Gasteiger partial charge in [0.15, 0.2) is 6.23 Å². The molecule has 19 heavy (non-hydrogen) atoms. The van der Waals surface area contributed by atoms with Crippen molar-refractivity contribution in [3.8, 4) is 0 Å². The Morgan fingerprint density at radius 3 is 2.37 bits per heavy atom. The molecule has 5 atom stereocenters. The topological polar surface area (TPSA) is 154 Å². The fraction of sp³-hybridized carbons (Fsp3) is 0.800. The van der Waals surface area contributed by atoms with Gasteiger partial charge < -0.3 is 36.4 Å². The molecule has 0 aromatic heterocycles. The van der Waals surface area contributed by atoms with E-state index in [1.165, 1.54) is 6.92 Å². The monoisotopic (exact) mass is 277 g/mol. The summed E-state index contributed by atoms with van der Waals surface area (Å²) >= 11 is 0. The molecule has 9 nitrogen and oxygen atoms in total. The number of aliphatic hydroxyl groups is 3. The van der Waals surface area contributed by atoms with Crippen LogP contribution in [-0.4, -0.2) is 70.9 Å². The molecule has 1 rings (SSSR count). The maximum atomic E-state index is 11.3. The van der Waals surface area contributed by atoms with E-state index in [2.05, 4.69) is 10.6 Å². The summed E-state index contributed by atoms with van der Waals surface area (Å²) in [5.41, 5.74) is 5.15. The zero-order valence-electron chi connectivity index (χ0n) is 10.4. The molecular weight excluding hydrogens is 258 g/mol. The molecule has 1 fully saturated rings. The summed E-state index contributed by atoms with van der Waals surface area (Å²) in [5.74, 6) is -1.02. The summed E-state index contributed by atoms with van der Waals surface area (Å²) in [6.45, 7) is 0.383. The van der Waals surface area contributed by atoms with Crippen molar-refractivity contribution in [3.05, 3.63) is 0 Å². The van der Waals surface area contributed by atoms with Gasteiger partial charge in [-0.15, -0.1) is 0 Å². The smallest absolute Gasteiger partial charge is 0.235 e. The molecule has 1 heterocycles. The molecule has 2 amide bonds. The van der Waals surface area contributed by atoms with Gasteiger partial charge in [-0.1, -0.05) is 0 Å². The van der Waals surface area contributed by atoms with Crippen molar-refractivity contribution < 1.29 is 29.6 Å².